The number of allylic oxidation sites excluding steroid dienone is 1. The van der Waals surface area contributed by atoms with Crippen LogP contribution in [-0.4, -0.2) is 30.1 Å². The normalized spacial score (nSPS) is 35.5. The van der Waals surface area contributed by atoms with E-state index in [9.17, 15) is 9.59 Å². The third kappa shape index (κ3) is 1.46. The van der Waals surface area contributed by atoms with Crippen LogP contribution in [0.1, 0.15) is 19.8 Å². The van der Waals surface area contributed by atoms with E-state index < -0.39 is 5.60 Å². The fraction of sp³-hybridized carbons (Fsp3) is 0.600. The average Bonchev–Trinajstić information content (AvgIpc) is 2.46. The van der Waals surface area contributed by atoms with Gasteiger partial charge in [0.25, 0.3) is 0 Å². The third-order valence-electron chi connectivity index (χ3n) is 2.63. The van der Waals surface area contributed by atoms with Crippen LogP contribution < -0.4 is 0 Å². The first-order valence-electron chi connectivity index (χ1n) is 4.66. The summed E-state index contributed by atoms with van der Waals surface area (Å²) < 4.78 is 10.6. The second kappa shape index (κ2) is 3.20. The SMILES string of the molecule is CC(=O)O[C@]12C=CC(=O)C[C@H]1OCC2. The number of esters is 1. The van der Waals surface area contributed by atoms with Gasteiger partial charge in [-0.05, 0) is 12.2 Å². The van der Waals surface area contributed by atoms with Crippen LogP contribution in [0, 0.1) is 0 Å². The molecule has 2 rings (SSSR count). The highest BCUT2D eigenvalue weighted by atomic mass is 16.6. The number of hydrogen-bond acceptors (Lipinski definition) is 4. The number of ether oxygens (including phenoxy) is 2. The van der Waals surface area contributed by atoms with E-state index >= 15 is 0 Å². The van der Waals surface area contributed by atoms with E-state index in [0.717, 1.165) is 0 Å². The lowest BCUT2D eigenvalue weighted by Gasteiger charge is -2.32. The molecule has 0 saturated carbocycles. The molecule has 0 amide bonds. The molecular weight excluding hydrogens is 184 g/mol. The van der Waals surface area contributed by atoms with Crippen LogP contribution in [0.25, 0.3) is 0 Å². The first-order chi connectivity index (χ1) is 6.62. The number of ketones is 1. The highest BCUT2D eigenvalue weighted by Crippen LogP contribution is 2.36. The van der Waals surface area contributed by atoms with E-state index in [2.05, 4.69) is 0 Å². The topological polar surface area (TPSA) is 52.6 Å². The van der Waals surface area contributed by atoms with Crippen LogP contribution >= 0.6 is 0 Å². The Bertz CT molecular complexity index is 307. The van der Waals surface area contributed by atoms with Gasteiger partial charge in [0.15, 0.2) is 11.4 Å². The summed E-state index contributed by atoms with van der Waals surface area (Å²) in [6.07, 6.45) is 3.81. The minimum absolute atomic E-state index is 0.0275. The summed E-state index contributed by atoms with van der Waals surface area (Å²) in [7, 11) is 0. The first kappa shape index (κ1) is 9.40. The molecule has 0 aromatic rings. The summed E-state index contributed by atoms with van der Waals surface area (Å²) >= 11 is 0. The lowest BCUT2D eigenvalue weighted by molar-refractivity contribution is -0.159. The van der Waals surface area contributed by atoms with E-state index in [4.69, 9.17) is 9.47 Å². The van der Waals surface area contributed by atoms with Crippen molar-refractivity contribution < 1.29 is 19.1 Å². The Labute approximate surface area is 81.9 Å². The molecule has 4 heteroatoms. The number of hydrogen-bond donors (Lipinski definition) is 0. The van der Waals surface area contributed by atoms with Crippen LogP contribution in [0.5, 0.6) is 0 Å². The summed E-state index contributed by atoms with van der Waals surface area (Å²) in [4.78, 5) is 22.1. The Morgan fingerprint density at radius 2 is 2.50 bits per heavy atom. The third-order valence-corrected chi connectivity index (χ3v) is 2.63. The van der Waals surface area contributed by atoms with Crippen molar-refractivity contribution in [2.24, 2.45) is 0 Å². The monoisotopic (exact) mass is 196 g/mol. The van der Waals surface area contributed by atoms with Gasteiger partial charge in [-0.15, -0.1) is 0 Å². The van der Waals surface area contributed by atoms with Crippen LogP contribution in [0.2, 0.25) is 0 Å². The molecule has 0 radical (unpaired) electrons. The highest BCUT2D eigenvalue weighted by Gasteiger charge is 2.47. The van der Waals surface area contributed by atoms with Gasteiger partial charge in [0, 0.05) is 19.8 Å². The Kier molecular flexibility index (Phi) is 2.15. The standard InChI is InChI=1S/C10H12O4/c1-7(11)14-10-3-2-8(12)6-9(10)13-5-4-10/h2-3,9H,4-6H2,1H3/t9-,10+/m1/s1. The van der Waals surface area contributed by atoms with Crippen molar-refractivity contribution in [3.8, 4) is 0 Å². The van der Waals surface area contributed by atoms with Gasteiger partial charge in [-0.25, -0.2) is 0 Å². The molecule has 1 aliphatic heterocycles. The molecule has 76 valence electrons. The van der Waals surface area contributed by atoms with Crippen LogP contribution in [0.3, 0.4) is 0 Å². The van der Waals surface area contributed by atoms with E-state index in [-0.39, 0.29) is 17.9 Å². The predicted octanol–water partition coefficient (Wildman–Crippen LogP) is 0.606. The van der Waals surface area contributed by atoms with Crippen molar-refractivity contribution >= 4 is 11.8 Å². The maximum Gasteiger partial charge on any atom is 0.303 e. The van der Waals surface area contributed by atoms with Gasteiger partial charge >= 0.3 is 5.97 Å². The van der Waals surface area contributed by atoms with Crippen molar-refractivity contribution in [2.75, 3.05) is 6.61 Å². The van der Waals surface area contributed by atoms with Crippen molar-refractivity contribution in [3.63, 3.8) is 0 Å². The second-order valence-electron chi connectivity index (χ2n) is 3.66. The molecule has 0 aromatic carbocycles. The fourth-order valence-electron chi connectivity index (χ4n) is 1.99. The van der Waals surface area contributed by atoms with Crippen molar-refractivity contribution in [3.05, 3.63) is 12.2 Å². The van der Waals surface area contributed by atoms with Crippen molar-refractivity contribution in [2.45, 2.75) is 31.5 Å². The molecule has 1 aliphatic carbocycles. The Morgan fingerprint density at radius 3 is 3.21 bits per heavy atom. The molecule has 1 saturated heterocycles. The van der Waals surface area contributed by atoms with Gasteiger partial charge in [-0.1, -0.05) is 0 Å². The second-order valence-corrected chi connectivity index (χ2v) is 3.66. The van der Waals surface area contributed by atoms with Crippen molar-refractivity contribution in [1.29, 1.82) is 0 Å². The molecule has 0 unspecified atom stereocenters. The summed E-state index contributed by atoms with van der Waals surface area (Å²) in [6.45, 7) is 1.91. The first-order valence-corrected chi connectivity index (χ1v) is 4.66. The Balaban J connectivity index is 2.25. The van der Waals surface area contributed by atoms with Crippen LogP contribution in [0.4, 0.5) is 0 Å². The fourth-order valence-corrected chi connectivity index (χ4v) is 1.99. The predicted molar refractivity (Wildman–Crippen MR) is 47.6 cm³/mol. The largest absolute Gasteiger partial charge is 0.452 e. The number of carbonyl (C=O) groups excluding carboxylic acids is 2. The minimum Gasteiger partial charge on any atom is -0.452 e. The number of fused-ring (bicyclic) bond motifs is 1. The maximum atomic E-state index is 11.1. The van der Waals surface area contributed by atoms with Crippen LogP contribution in [-0.2, 0) is 19.1 Å². The van der Waals surface area contributed by atoms with E-state index in [1.165, 1.54) is 13.0 Å². The van der Waals surface area contributed by atoms with Gasteiger partial charge in [0.2, 0.25) is 0 Å². The number of rotatable bonds is 1. The van der Waals surface area contributed by atoms with Gasteiger partial charge in [-0.3, -0.25) is 9.59 Å². The summed E-state index contributed by atoms with van der Waals surface area (Å²) in [6, 6.07) is 0. The summed E-state index contributed by atoms with van der Waals surface area (Å²) in [5.74, 6) is -0.306. The molecule has 0 N–H and O–H groups in total. The lowest BCUT2D eigenvalue weighted by atomic mass is 9.87. The van der Waals surface area contributed by atoms with E-state index in [0.29, 0.717) is 19.4 Å². The Morgan fingerprint density at radius 1 is 1.71 bits per heavy atom. The van der Waals surface area contributed by atoms with Crippen LogP contribution in [0.15, 0.2) is 12.2 Å². The summed E-state index contributed by atoms with van der Waals surface area (Å²) in [5.41, 5.74) is -0.681. The van der Waals surface area contributed by atoms with Gasteiger partial charge in [0.1, 0.15) is 6.10 Å². The average molecular weight is 196 g/mol. The molecule has 4 nitrogen and oxygen atoms in total. The molecule has 1 fully saturated rings. The molecule has 0 bridgehead atoms. The summed E-state index contributed by atoms with van der Waals surface area (Å²) in [5, 5.41) is 0. The Hall–Kier alpha value is -1.16. The highest BCUT2D eigenvalue weighted by molar-refractivity contribution is 5.91. The lowest BCUT2D eigenvalue weighted by Crippen LogP contribution is -2.44. The molecule has 2 atom stereocenters. The van der Waals surface area contributed by atoms with Crippen molar-refractivity contribution in [1.82, 2.24) is 0 Å². The van der Waals surface area contributed by atoms with Gasteiger partial charge < -0.3 is 9.47 Å². The van der Waals surface area contributed by atoms with E-state index in [1.807, 2.05) is 0 Å². The molecule has 0 spiro atoms. The molecular formula is C10H12O4. The van der Waals surface area contributed by atoms with Gasteiger partial charge in [0.05, 0.1) is 6.61 Å². The van der Waals surface area contributed by atoms with Gasteiger partial charge in [-0.2, -0.15) is 0 Å². The molecule has 2 aliphatic rings. The molecule has 1 heterocycles. The maximum absolute atomic E-state index is 11.1. The zero-order valence-corrected chi connectivity index (χ0v) is 7.99. The number of carbonyl (C=O) groups is 2. The minimum atomic E-state index is -0.681. The zero-order valence-electron chi connectivity index (χ0n) is 7.99. The molecule has 0 aromatic heterocycles. The quantitative estimate of drug-likeness (QED) is 0.576. The van der Waals surface area contributed by atoms with E-state index in [1.54, 1.807) is 6.08 Å². The smallest absolute Gasteiger partial charge is 0.303 e. The zero-order chi connectivity index (χ0) is 10.2. The molecule has 14 heavy (non-hydrogen) atoms.